The van der Waals surface area contributed by atoms with Gasteiger partial charge in [0.15, 0.2) is 23.0 Å². The molecule has 464 valence electrons. The number of esters is 2. The molecule has 20 nitrogen and oxygen atoms in total. The first kappa shape index (κ1) is 63.2. The van der Waals surface area contributed by atoms with Gasteiger partial charge in [-0.2, -0.15) is 0 Å². The molecule has 0 spiro atoms. The van der Waals surface area contributed by atoms with Crippen molar-refractivity contribution in [3.05, 3.63) is 140 Å². The molecule has 1 amide bonds. The van der Waals surface area contributed by atoms with Gasteiger partial charge in [-0.05, 0) is 156 Å². The van der Waals surface area contributed by atoms with E-state index in [0.29, 0.717) is 88.3 Å². The minimum absolute atomic E-state index is 0.00687. The molecule has 0 radical (unpaired) electrons. The van der Waals surface area contributed by atoms with E-state index in [0.717, 1.165) is 115 Å². The van der Waals surface area contributed by atoms with E-state index in [-0.39, 0.29) is 29.9 Å². The summed E-state index contributed by atoms with van der Waals surface area (Å²) in [5.41, 5.74) is 4.40. The number of methoxy groups -OCH3 is 2. The minimum Gasteiger partial charge on any atom is -0.497 e. The first-order valence-electron chi connectivity index (χ1n) is 30.2. The van der Waals surface area contributed by atoms with Crippen LogP contribution < -0.4 is 44.9 Å². The molecule has 4 aliphatic heterocycles. The van der Waals surface area contributed by atoms with Gasteiger partial charge in [0.1, 0.15) is 43.5 Å². The van der Waals surface area contributed by atoms with Crippen molar-refractivity contribution in [2.45, 2.75) is 104 Å². The quantitative estimate of drug-likeness (QED) is 0.0431. The summed E-state index contributed by atoms with van der Waals surface area (Å²) in [5.74, 6) is 3.41. The number of fused-ring (bicyclic) bond motifs is 4. The van der Waals surface area contributed by atoms with Gasteiger partial charge in [0.05, 0.1) is 38.5 Å². The van der Waals surface area contributed by atoms with Crippen molar-refractivity contribution in [2.75, 3.05) is 93.1 Å². The molecule has 0 bridgehead atoms. The number of pyridine rings is 2. The lowest BCUT2D eigenvalue weighted by Gasteiger charge is -2.39. The standard InChI is InChI=1S/C36H45N3O8.C31H37N3O6/c1-6-44-34(41)12-8-26-22-28(43-5)23-30-29(26)9-11-33(40)38(30)18-17-37-15-13-27(14-16-37)39(35(42)47-36(2,3)4)24-25-7-10-31-32(21-25)46-20-19-45-31;1-3-38-31(36)9-5-23-19-25(37-2)20-27-26(23)6-8-30(35)34(27)15-14-33-12-10-24(11-13-33)32-21-22-4-7-28-29(18-22)40-17-16-39-28/h7-12,21-23,27H,6,13-20,24H2,1-5H3;4-9,18-20,24,32H,3,10-17,21H2,1-2H3/b12-8-;9-5-. The van der Waals surface area contributed by atoms with Crippen molar-refractivity contribution in [1.82, 2.24) is 29.2 Å². The van der Waals surface area contributed by atoms with Gasteiger partial charge in [-0.25, -0.2) is 14.4 Å². The Balaban J connectivity index is 0.000000210. The van der Waals surface area contributed by atoms with Gasteiger partial charge >= 0.3 is 18.0 Å². The lowest BCUT2D eigenvalue weighted by Crippen LogP contribution is -2.49. The Bertz CT molecular complexity index is 3550. The summed E-state index contributed by atoms with van der Waals surface area (Å²) < 4.78 is 53.2. The average molecular weight is 1200 g/mol. The number of nitrogens with zero attached hydrogens (tertiary/aromatic N) is 5. The normalized spacial score (nSPS) is 15.7. The molecule has 10 rings (SSSR count). The van der Waals surface area contributed by atoms with E-state index in [1.807, 2.05) is 74.2 Å². The second kappa shape index (κ2) is 29.9. The smallest absolute Gasteiger partial charge is 0.410 e. The van der Waals surface area contributed by atoms with Gasteiger partial charge < -0.3 is 71.8 Å². The lowest BCUT2D eigenvalue weighted by molar-refractivity contribution is -0.138. The number of ether oxygens (including phenoxy) is 9. The number of amides is 1. The summed E-state index contributed by atoms with van der Waals surface area (Å²) in [6.07, 6.45) is 9.47. The number of rotatable bonds is 20. The van der Waals surface area contributed by atoms with Crippen LogP contribution in [0, 0.1) is 0 Å². The number of nitrogens with one attached hydrogen (secondary N) is 1. The number of carbonyl (C=O) groups is 3. The van der Waals surface area contributed by atoms with E-state index in [1.54, 1.807) is 73.6 Å². The molecule has 0 atom stereocenters. The molecular formula is C67H82N6O14. The second-order valence-electron chi connectivity index (χ2n) is 22.7. The van der Waals surface area contributed by atoms with Crippen LogP contribution in [0.25, 0.3) is 34.0 Å². The van der Waals surface area contributed by atoms with Gasteiger partial charge in [0, 0.05) is 112 Å². The van der Waals surface area contributed by atoms with Gasteiger partial charge in [0.2, 0.25) is 0 Å². The molecule has 0 aliphatic carbocycles. The molecule has 4 aliphatic rings. The molecule has 4 aromatic carbocycles. The second-order valence-corrected chi connectivity index (χ2v) is 22.7. The van der Waals surface area contributed by atoms with Crippen LogP contribution in [0.5, 0.6) is 34.5 Å². The number of piperidine rings is 2. The third kappa shape index (κ3) is 17.0. The van der Waals surface area contributed by atoms with Crippen molar-refractivity contribution >= 4 is 52.0 Å². The molecule has 2 fully saturated rings. The maximum atomic E-state index is 13.5. The monoisotopic (exact) mass is 1190 g/mol. The largest absolute Gasteiger partial charge is 0.497 e. The molecule has 2 saturated heterocycles. The predicted octanol–water partition coefficient (Wildman–Crippen LogP) is 8.87. The van der Waals surface area contributed by atoms with E-state index < -0.39 is 17.5 Å². The number of hydrogen-bond acceptors (Lipinski definition) is 17. The van der Waals surface area contributed by atoms with Crippen LogP contribution >= 0.6 is 0 Å². The zero-order chi connectivity index (χ0) is 61.5. The van der Waals surface area contributed by atoms with Crippen LogP contribution in [0.3, 0.4) is 0 Å². The summed E-state index contributed by atoms with van der Waals surface area (Å²) in [6.45, 7) is 19.1. The number of carbonyl (C=O) groups excluding carboxylic acids is 3. The molecular weight excluding hydrogens is 1110 g/mol. The van der Waals surface area contributed by atoms with Gasteiger partial charge in [-0.1, -0.05) is 12.1 Å². The highest BCUT2D eigenvalue weighted by atomic mass is 16.6. The fourth-order valence-corrected chi connectivity index (χ4v) is 11.3. The Morgan fingerprint density at radius 1 is 0.586 bits per heavy atom. The average Bonchev–Trinajstić information content (AvgIpc) is 2.73. The Kier molecular flexibility index (Phi) is 21.7. The van der Waals surface area contributed by atoms with Crippen molar-refractivity contribution in [3.8, 4) is 34.5 Å². The molecule has 6 heterocycles. The third-order valence-electron chi connectivity index (χ3n) is 15.7. The van der Waals surface area contributed by atoms with Gasteiger partial charge in [0.25, 0.3) is 11.1 Å². The predicted molar refractivity (Wildman–Crippen MR) is 333 cm³/mol. The van der Waals surface area contributed by atoms with E-state index in [4.69, 9.17) is 42.6 Å². The maximum absolute atomic E-state index is 13.5. The highest BCUT2D eigenvalue weighted by Crippen LogP contribution is 2.34. The molecule has 2 aromatic heterocycles. The fourth-order valence-electron chi connectivity index (χ4n) is 11.3. The summed E-state index contributed by atoms with van der Waals surface area (Å²) in [5, 5.41) is 5.40. The van der Waals surface area contributed by atoms with Gasteiger partial charge in [-0.3, -0.25) is 9.59 Å². The van der Waals surface area contributed by atoms with Crippen molar-refractivity contribution in [2.24, 2.45) is 0 Å². The first-order valence-corrected chi connectivity index (χ1v) is 30.2. The molecule has 6 aromatic rings. The van der Waals surface area contributed by atoms with Crippen LogP contribution in [-0.4, -0.2) is 153 Å². The molecule has 87 heavy (non-hydrogen) atoms. The number of hydrogen-bond donors (Lipinski definition) is 1. The Morgan fingerprint density at radius 2 is 1.05 bits per heavy atom. The SMILES string of the molecule is CCOC(=O)/C=C\c1cc(OC)cc2c1ccc(=O)n2CCN1CCC(N(Cc2ccc3c(c2)OCCO3)C(=O)OC(C)(C)C)CC1.CCOC(=O)/C=C\c1cc(OC)cc2c1ccc(=O)n2CCN1CCC(NCc2ccc3c(c2)OCCO3)CC1. The van der Waals surface area contributed by atoms with Crippen LogP contribution in [-0.2, 0) is 50.0 Å². The summed E-state index contributed by atoms with van der Waals surface area (Å²) in [7, 11) is 3.17. The van der Waals surface area contributed by atoms with Crippen molar-refractivity contribution < 1.29 is 57.0 Å². The molecule has 20 heteroatoms. The Labute approximate surface area is 508 Å². The van der Waals surface area contributed by atoms with Crippen LogP contribution in [0.4, 0.5) is 4.79 Å². The lowest BCUT2D eigenvalue weighted by atomic mass is 10.0. The molecule has 1 N–H and O–H groups in total. The zero-order valence-electron chi connectivity index (χ0n) is 51.1. The van der Waals surface area contributed by atoms with Crippen LogP contribution in [0.1, 0.15) is 82.6 Å². The molecule has 0 unspecified atom stereocenters. The summed E-state index contributed by atoms with van der Waals surface area (Å²) in [6, 6.07) is 26.5. The van der Waals surface area contributed by atoms with Crippen LogP contribution in [0.2, 0.25) is 0 Å². The third-order valence-corrected chi connectivity index (χ3v) is 15.7. The highest BCUT2D eigenvalue weighted by Gasteiger charge is 2.32. The molecule has 0 saturated carbocycles. The topological polar surface area (TPSA) is 200 Å². The van der Waals surface area contributed by atoms with E-state index in [9.17, 15) is 24.0 Å². The van der Waals surface area contributed by atoms with Crippen molar-refractivity contribution in [3.63, 3.8) is 0 Å². The van der Waals surface area contributed by atoms with E-state index in [2.05, 4.69) is 27.2 Å². The summed E-state index contributed by atoms with van der Waals surface area (Å²) in [4.78, 5) is 69.9. The summed E-state index contributed by atoms with van der Waals surface area (Å²) >= 11 is 0. The number of likely N-dealkylation sites (tertiary alicyclic amines) is 2. The fraction of sp³-hybridized carbons (Fsp3) is 0.448. The number of benzene rings is 4. The minimum atomic E-state index is -0.619. The highest BCUT2D eigenvalue weighted by molar-refractivity contribution is 5.95. The van der Waals surface area contributed by atoms with Gasteiger partial charge in [-0.15, -0.1) is 0 Å². The Hall–Kier alpha value is -8.33. The Morgan fingerprint density at radius 3 is 1.52 bits per heavy atom. The number of aromatic nitrogens is 2. The zero-order valence-corrected chi connectivity index (χ0v) is 51.1. The van der Waals surface area contributed by atoms with Crippen LogP contribution in [0.15, 0.2) is 107 Å². The van der Waals surface area contributed by atoms with Crippen molar-refractivity contribution in [1.29, 1.82) is 0 Å². The first-order chi connectivity index (χ1) is 42.1. The maximum Gasteiger partial charge on any atom is 0.410 e. The van der Waals surface area contributed by atoms with E-state index in [1.165, 1.54) is 17.7 Å². The van der Waals surface area contributed by atoms with E-state index >= 15 is 0 Å².